The van der Waals surface area contributed by atoms with E-state index in [4.69, 9.17) is 9.47 Å². The molecule has 2 aromatic carbocycles. The Labute approximate surface area is 261 Å². The van der Waals surface area contributed by atoms with Gasteiger partial charge in [0.25, 0.3) is 0 Å². The van der Waals surface area contributed by atoms with Gasteiger partial charge in [-0.1, -0.05) is 50.1 Å². The number of nitrogens with one attached hydrogen (secondary N) is 2. The number of amides is 3. The van der Waals surface area contributed by atoms with Crippen LogP contribution in [0, 0.1) is 13.8 Å². The average Bonchev–Trinajstić information content (AvgIpc) is 2.93. The Morgan fingerprint density at radius 2 is 1.59 bits per heavy atom. The standard InChI is InChI=1S/C34H49N3O7/c1-8-10-11-21-37(30(29-23(3)13-12-14-24(29)4)31(40)35-20-19-28(39)43-9-2)32(41)27(36-33(42)44-34(5,6)7)22-25-15-17-26(38)18-16-25/h12-18,27,30,38H,8-11,19-22H2,1-7H3,(H,35,40)(H,36,42). The summed E-state index contributed by atoms with van der Waals surface area (Å²) in [4.78, 5) is 55.0. The van der Waals surface area contributed by atoms with Crippen LogP contribution in [0.3, 0.4) is 0 Å². The largest absolute Gasteiger partial charge is 0.508 e. The average molecular weight is 612 g/mol. The van der Waals surface area contributed by atoms with Crippen LogP contribution in [-0.2, 0) is 30.3 Å². The maximum atomic E-state index is 14.6. The Kier molecular flexibility index (Phi) is 14.2. The minimum Gasteiger partial charge on any atom is -0.508 e. The molecule has 3 N–H and O–H groups in total. The number of esters is 1. The first-order valence-corrected chi connectivity index (χ1v) is 15.3. The molecule has 0 spiro atoms. The van der Waals surface area contributed by atoms with Crippen molar-refractivity contribution >= 4 is 23.9 Å². The van der Waals surface area contributed by atoms with Crippen LogP contribution >= 0.6 is 0 Å². The molecule has 10 heteroatoms. The van der Waals surface area contributed by atoms with Crippen molar-refractivity contribution in [1.82, 2.24) is 15.5 Å². The maximum absolute atomic E-state index is 14.6. The molecule has 0 bridgehead atoms. The van der Waals surface area contributed by atoms with Crippen LogP contribution in [0.2, 0.25) is 0 Å². The first kappa shape index (κ1) is 36.1. The third kappa shape index (κ3) is 11.5. The van der Waals surface area contributed by atoms with Crippen molar-refractivity contribution < 1.29 is 33.8 Å². The Bertz CT molecular complexity index is 1230. The fraction of sp³-hybridized carbons (Fsp3) is 0.529. The van der Waals surface area contributed by atoms with Gasteiger partial charge in [0.2, 0.25) is 11.8 Å². The van der Waals surface area contributed by atoms with Crippen LogP contribution in [0.15, 0.2) is 42.5 Å². The van der Waals surface area contributed by atoms with E-state index in [1.54, 1.807) is 39.8 Å². The number of unbranched alkanes of at least 4 members (excludes halogenated alkanes) is 2. The number of carbonyl (C=O) groups is 4. The predicted molar refractivity (Wildman–Crippen MR) is 169 cm³/mol. The number of rotatable bonds is 15. The van der Waals surface area contributed by atoms with E-state index in [0.717, 1.165) is 24.0 Å². The maximum Gasteiger partial charge on any atom is 0.408 e. The summed E-state index contributed by atoms with van der Waals surface area (Å²) in [5.41, 5.74) is 2.26. The molecule has 2 rings (SSSR count). The molecule has 0 saturated heterocycles. The number of aromatic hydroxyl groups is 1. The van der Waals surface area contributed by atoms with Crippen molar-refractivity contribution in [2.45, 2.75) is 98.3 Å². The minimum atomic E-state index is -1.07. The van der Waals surface area contributed by atoms with E-state index in [1.807, 2.05) is 32.0 Å². The summed E-state index contributed by atoms with van der Waals surface area (Å²) in [7, 11) is 0. The lowest BCUT2D eigenvalue weighted by Gasteiger charge is -2.36. The van der Waals surface area contributed by atoms with E-state index in [1.165, 1.54) is 17.0 Å². The highest BCUT2D eigenvalue weighted by molar-refractivity contribution is 5.93. The van der Waals surface area contributed by atoms with Crippen LogP contribution in [0.25, 0.3) is 0 Å². The lowest BCUT2D eigenvalue weighted by atomic mass is 9.93. The Morgan fingerprint density at radius 1 is 0.955 bits per heavy atom. The first-order chi connectivity index (χ1) is 20.8. The molecular formula is C34H49N3O7. The van der Waals surface area contributed by atoms with Gasteiger partial charge in [-0.3, -0.25) is 14.4 Å². The van der Waals surface area contributed by atoms with E-state index in [-0.39, 0.29) is 38.3 Å². The molecule has 10 nitrogen and oxygen atoms in total. The van der Waals surface area contributed by atoms with Gasteiger partial charge >= 0.3 is 12.1 Å². The van der Waals surface area contributed by atoms with E-state index in [2.05, 4.69) is 17.6 Å². The molecule has 0 aliphatic carbocycles. The summed E-state index contributed by atoms with van der Waals surface area (Å²) in [5.74, 6) is -1.24. The molecule has 2 unspecified atom stereocenters. The van der Waals surface area contributed by atoms with Gasteiger partial charge in [-0.05, 0) is 82.3 Å². The zero-order valence-corrected chi connectivity index (χ0v) is 27.2. The minimum absolute atomic E-state index is 0.00743. The van der Waals surface area contributed by atoms with Crippen LogP contribution in [0.1, 0.15) is 88.6 Å². The molecule has 2 aromatic rings. The highest BCUT2D eigenvalue weighted by Crippen LogP contribution is 2.29. The van der Waals surface area contributed by atoms with Gasteiger partial charge < -0.3 is 30.1 Å². The molecule has 0 saturated carbocycles. The van der Waals surface area contributed by atoms with Crippen LogP contribution in [0.4, 0.5) is 4.79 Å². The molecule has 0 heterocycles. The van der Waals surface area contributed by atoms with Crippen molar-refractivity contribution in [3.8, 4) is 5.75 Å². The van der Waals surface area contributed by atoms with E-state index >= 15 is 0 Å². The molecule has 2 atom stereocenters. The van der Waals surface area contributed by atoms with E-state index in [0.29, 0.717) is 17.5 Å². The number of phenolic OH excluding ortho intramolecular Hbond substituents is 1. The SMILES string of the molecule is CCCCCN(C(=O)C(Cc1ccc(O)cc1)NC(=O)OC(C)(C)C)C(C(=O)NCCC(=O)OCC)c1c(C)cccc1C. The number of nitrogens with zero attached hydrogens (tertiary/aromatic N) is 1. The first-order valence-electron chi connectivity index (χ1n) is 15.3. The summed E-state index contributed by atoms with van der Waals surface area (Å²) in [6, 6.07) is 9.97. The smallest absolute Gasteiger partial charge is 0.408 e. The van der Waals surface area contributed by atoms with Crippen molar-refractivity contribution in [3.05, 3.63) is 64.7 Å². The summed E-state index contributed by atoms with van der Waals surface area (Å²) < 4.78 is 10.5. The van der Waals surface area contributed by atoms with Crippen molar-refractivity contribution in [3.63, 3.8) is 0 Å². The molecular weight excluding hydrogens is 562 g/mol. The van der Waals surface area contributed by atoms with Crippen LogP contribution in [0.5, 0.6) is 5.75 Å². The van der Waals surface area contributed by atoms with Gasteiger partial charge in [-0.25, -0.2) is 4.79 Å². The van der Waals surface area contributed by atoms with Gasteiger partial charge in [0.1, 0.15) is 23.4 Å². The highest BCUT2D eigenvalue weighted by atomic mass is 16.6. The fourth-order valence-electron chi connectivity index (χ4n) is 4.92. The molecule has 0 radical (unpaired) electrons. The van der Waals surface area contributed by atoms with Gasteiger partial charge in [0.15, 0.2) is 0 Å². The zero-order valence-electron chi connectivity index (χ0n) is 27.2. The summed E-state index contributed by atoms with van der Waals surface area (Å²) in [6.45, 7) is 13.3. The highest BCUT2D eigenvalue weighted by Gasteiger charge is 2.37. The number of phenols is 1. The Hall–Kier alpha value is -4.08. The van der Waals surface area contributed by atoms with Crippen LogP contribution < -0.4 is 10.6 Å². The fourth-order valence-corrected chi connectivity index (χ4v) is 4.92. The van der Waals surface area contributed by atoms with Gasteiger partial charge in [-0.15, -0.1) is 0 Å². The lowest BCUT2D eigenvalue weighted by Crippen LogP contribution is -2.54. The lowest BCUT2D eigenvalue weighted by molar-refractivity contribution is -0.144. The summed E-state index contributed by atoms with van der Waals surface area (Å²) in [6.07, 6.45) is 1.70. The molecule has 242 valence electrons. The molecule has 3 amide bonds. The van der Waals surface area contributed by atoms with Gasteiger partial charge in [0.05, 0.1) is 13.0 Å². The number of hydrogen-bond donors (Lipinski definition) is 3. The molecule has 0 aliphatic heterocycles. The van der Waals surface area contributed by atoms with Gasteiger partial charge in [0, 0.05) is 19.5 Å². The van der Waals surface area contributed by atoms with Crippen molar-refractivity contribution in [2.75, 3.05) is 19.7 Å². The second-order valence-corrected chi connectivity index (χ2v) is 11.9. The van der Waals surface area contributed by atoms with Crippen molar-refractivity contribution in [1.29, 1.82) is 0 Å². The number of benzene rings is 2. The third-order valence-corrected chi connectivity index (χ3v) is 6.96. The molecule has 0 fully saturated rings. The summed E-state index contributed by atoms with van der Waals surface area (Å²) in [5, 5.41) is 15.4. The Morgan fingerprint density at radius 3 is 2.16 bits per heavy atom. The second-order valence-electron chi connectivity index (χ2n) is 11.9. The quantitative estimate of drug-likeness (QED) is 0.184. The Balaban J connectivity index is 2.58. The molecule has 0 aliphatic rings. The number of carbonyl (C=O) groups excluding carboxylic acids is 4. The normalized spacial score (nSPS) is 12.5. The van der Waals surface area contributed by atoms with E-state index in [9.17, 15) is 24.3 Å². The monoisotopic (exact) mass is 611 g/mol. The zero-order chi connectivity index (χ0) is 32.9. The van der Waals surface area contributed by atoms with Gasteiger partial charge in [-0.2, -0.15) is 0 Å². The number of ether oxygens (including phenoxy) is 2. The third-order valence-electron chi connectivity index (χ3n) is 6.96. The second kappa shape index (κ2) is 17.3. The number of alkyl carbamates (subject to hydrolysis) is 1. The van der Waals surface area contributed by atoms with Crippen molar-refractivity contribution in [2.24, 2.45) is 0 Å². The number of hydrogen-bond acceptors (Lipinski definition) is 7. The van der Waals surface area contributed by atoms with Crippen LogP contribution in [-0.4, -0.2) is 65.2 Å². The predicted octanol–water partition coefficient (Wildman–Crippen LogP) is 5.27. The summed E-state index contributed by atoms with van der Waals surface area (Å²) >= 11 is 0. The molecule has 44 heavy (non-hydrogen) atoms. The van der Waals surface area contributed by atoms with E-state index < -0.39 is 41.6 Å². The molecule has 0 aromatic heterocycles. The topological polar surface area (TPSA) is 134 Å². The number of aryl methyl sites for hydroxylation is 2.